The first-order valence-corrected chi connectivity index (χ1v) is 7.31. The second-order valence-corrected chi connectivity index (χ2v) is 6.26. The third-order valence-corrected chi connectivity index (χ3v) is 4.74. The molecule has 0 spiro atoms. The molecule has 1 atom stereocenters. The van der Waals surface area contributed by atoms with Gasteiger partial charge in [0.05, 0.1) is 6.04 Å². The zero-order valence-electron chi connectivity index (χ0n) is 10.0. The Morgan fingerprint density at radius 3 is 2.95 bits per heavy atom. The van der Waals surface area contributed by atoms with E-state index in [1.165, 1.54) is 4.31 Å². The van der Waals surface area contributed by atoms with Crippen LogP contribution < -0.4 is 4.72 Å². The highest BCUT2D eigenvalue weighted by molar-refractivity contribution is 7.87. The van der Waals surface area contributed by atoms with Gasteiger partial charge in [-0.1, -0.05) is 6.07 Å². The molecular formula is C12H13N3O3S. The van der Waals surface area contributed by atoms with Crippen molar-refractivity contribution in [1.82, 2.24) is 14.0 Å². The van der Waals surface area contributed by atoms with Crippen molar-refractivity contribution in [2.45, 2.75) is 12.6 Å². The van der Waals surface area contributed by atoms with Gasteiger partial charge in [0.2, 0.25) is 0 Å². The van der Waals surface area contributed by atoms with Gasteiger partial charge in [0.1, 0.15) is 6.29 Å². The first kappa shape index (κ1) is 12.3. The summed E-state index contributed by atoms with van der Waals surface area (Å²) in [7, 11) is -3.54. The lowest BCUT2D eigenvalue weighted by Gasteiger charge is -2.13. The third-order valence-electron chi connectivity index (χ3n) is 3.18. The Hall–Kier alpha value is -1.70. The average molecular weight is 279 g/mol. The molecule has 0 bridgehead atoms. The molecule has 7 heteroatoms. The maximum Gasteiger partial charge on any atom is 0.280 e. The minimum absolute atomic E-state index is 0.178. The Morgan fingerprint density at radius 2 is 2.21 bits per heavy atom. The number of aldehydes is 1. The molecule has 6 nitrogen and oxygen atoms in total. The Bertz CT molecular complexity index is 723. The Kier molecular flexibility index (Phi) is 2.89. The van der Waals surface area contributed by atoms with Crippen molar-refractivity contribution in [3.63, 3.8) is 0 Å². The molecule has 1 unspecified atom stereocenters. The average Bonchev–Trinajstić information content (AvgIpc) is 2.94. The first-order valence-electron chi connectivity index (χ1n) is 5.87. The fourth-order valence-corrected chi connectivity index (χ4v) is 3.58. The van der Waals surface area contributed by atoms with Crippen LogP contribution in [-0.4, -0.2) is 36.6 Å². The van der Waals surface area contributed by atoms with E-state index in [0.717, 1.165) is 16.5 Å². The molecule has 1 aliphatic rings. The molecule has 100 valence electrons. The smallest absolute Gasteiger partial charge is 0.280 e. The van der Waals surface area contributed by atoms with Crippen molar-refractivity contribution in [3.05, 3.63) is 36.0 Å². The molecule has 2 heterocycles. The maximum atomic E-state index is 11.8. The molecule has 0 aliphatic carbocycles. The molecular weight excluding hydrogens is 266 g/mol. The van der Waals surface area contributed by atoms with E-state index in [-0.39, 0.29) is 13.1 Å². The molecule has 19 heavy (non-hydrogen) atoms. The summed E-state index contributed by atoms with van der Waals surface area (Å²) >= 11 is 0. The van der Waals surface area contributed by atoms with Gasteiger partial charge in [0.25, 0.3) is 10.2 Å². The van der Waals surface area contributed by atoms with Crippen LogP contribution in [0.3, 0.4) is 0 Å². The molecule has 1 saturated heterocycles. The molecule has 0 saturated carbocycles. The van der Waals surface area contributed by atoms with Crippen molar-refractivity contribution >= 4 is 27.4 Å². The molecule has 2 aromatic rings. The standard InChI is InChI=1S/C12H13N3O3S/c16-8-11-7-15(19(17,18)14-11)6-9-1-2-12-10(5-9)3-4-13-12/h1-5,8,11,13-14H,6-7H2. The lowest BCUT2D eigenvalue weighted by molar-refractivity contribution is -0.109. The van der Waals surface area contributed by atoms with Crippen LogP contribution in [-0.2, 0) is 21.5 Å². The largest absolute Gasteiger partial charge is 0.361 e. The summed E-state index contributed by atoms with van der Waals surface area (Å²) in [5.41, 5.74) is 1.90. The first-order chi connectivity index (χ1) is 9.08. The van der Waals surface area contributed by atoms with Crippen LogP contribution in [0.2, 0.25) is 0 Å². The van der Waals surface area contributed by atoms with Gasteiger partial charge in [-0.15, -0.1) is 0 Å². The van der Waals surface area contributed by atoms with Gasteiger partial charge >= 0.3 is 0 Å². The number of aromatic amines is 1. The number of benzene rings is 1. The zero-order chi connectivity index (χ0) is 13.5. The van der Waals surface area contributed by atoms with Gasteiger partial charge in [0, 0.05) is 24.8 Å². The van der Waals surface area contributed by atoms with E-state index in [2.05, 4.69) is 9.71 Å². The quantitative estimate of drug-likeness (QED) is 0.797. The van der Waals surface area contributed by atoms with Gasteiger partial charge in [-0.25, -0.2) is 0 Å². The summed E-state index contributed by atoms with van der Waals surface area (Å²) in [6.07, 6.45) is 2.46. The summed E-state index contributed by atoms with van der Waals surface area (Å²) in [5.74, 6) is 0. The van der Waals surface area contributed by atoms with Gasteiger partial charge in [-0.3, -0.25) is 0 Å². The molecule has 0 amide bonds. The number of rotatable bonds is 3. The van der Waals surface area contributed by atoms with E-state index in [9.17, 15) is 13.2 Å². The predicted octanol–water partition coefficient (Wildman–Crippen LogP) is 0.385. The number of H-pyrrole nitrogens is 1. The second-order valence-electron chi connectivity index (χ2n) is 4.56. The Morgan fingerprint density at radius 1 is 1.37 bits per heavy atom. The van der Waals surface area contributed by atoms with Gasteiger partial charge in [0.15, 0.2) is 0 Å². The molecule has 3 rings (SSSR count). The lowest BCUT2D eigenvalue weighted by Crippen LogP contribution is -2.30. The van der Waals surface area contributed by atoms with Crippen molar-refractivity contribution < 1.29 is 13.2 Å². The van der Waals surface area contributed by atoms with Crippen LogP contribution >= 0.6 is 0 Å². The van der Waals surface area contributed by atoms with Crippen molar-refractivity contribution in [2.24, 2.45) is 0 Å². The van der Waals surface area contributed by atoms with Crippen LogP contribution in [0.5, 0.6) is 0 Å². The molecule has 2 N–H and O–H groups in total. The summed E-state index contributed by atoms with van der Waals surface area (Å²) in [4.78, 5) is 13.8. The number of fused-ring (bicyclic) bond motifs is 1. The van der Waals surface area contributed by atoms with Crippen LogP contribution in [0, 0.1) is 0 Å². The highest BCUT2D eigenvalue weighted by atomic mass is 32.2. The predicted molar refractivity (Wildman–Crippen MR) is 70.6 cm³/mol. The molecule has 1 aliphatic heterocycles. The summed E-state index contributed by atoms with van der Waals surface area (Å²) in [6.45, 7) is 0.442. The normalized spacial score (nSPS) is 22.8. The van der Waals surface area contributed by atoms with E-state index >= 15 is 0 Å². The van der Waals surface area contributed by atoms with Crippen LogP contribution in [0.4, 0.5) is 0 Å². The van der Waals surface area contributed by atoms with Crippen LogP contribution in [0.1, 0.15) is 5.56 Å². The van der Waals surface area contributed by atoms with Crippen LogP contribution in [0.15, 0.2) is 30.5 Å². The van der Waals surface area contributed by atoms with Crippen molar-refractivity contribution in [3.8, 4) is 0 Å². The Labute approximate surface area is 110 Å². The Balaban J connectivity index is 1.86. The van der Waals surface area contributed by atoms with E-state index in [1.54, 1.807) is 0 Å². The maximum absolute atomic E-state index is 11.8. The number of carbonyl (C=O) groups excluding carboxylic acids is 1. The molecule has 1 aromatic carbocycles. The van der Waals surface area contributed by atoms with Crippen LogP contribution in [0.25, 0.3) is 10.9 Å². The highest BCUT2D eigenvalue weighted by Gasteiger charge is 2.34. The third kappa shape index (κ3) is 2.27. The number of aromatic nitrogens is 1. The molecule has 0 radical (unpaired) electrons. The minimum Gasteiger partial charge on any atom is -0.361 e. The summed E-state index contributed by atoms with van der Waals surface area (Å²) in [6, 6.07) is 7.01. The van der Waals surface area contributed by atoms with Gasteiger partial charge in [-0.05, 0) is 29.1 Å². The monoisotopic (exact) mass is 279 g/mol. The fraction of sp³-hybridized carbons (Fsp3) is 0.250. The number of hydrogen-bond acceptors (Lipinski definition) is 3. The topological polar surface area (TPSA) is 82.3 Å². The zero-order valence-corrected chi connectivity index (χ0v) is 10.9. The highest BCUT2D eigenvalue weighted by Crippen LogP contribution is 2.18. The molecule has 1 aromatic heterocycles. The number of nitrogens with one attached hydrogen (secondary N) is 2. The van der Waals surface area contributed by atoms with Gasteiger partial charge in [-0.2, -0.15) is 17.4 Å². The van der Waals surface area contributed by atoms with E-state index in [4.69, 9.17) is 0 Å². The number of nitrogens with zero attached hydrogens (tertiary/aromatic N) is 1. The second kappa shape index (κ2) is 4.44. The van der Waals surface area contributed by atoms with Crippen molar-refractivity contribution in [1.29, 1.82) is 0 Å². The fourth-order valence-electron chi connectivity index (χ4n) is 2.25. The van der Waals surface area contributed by atoms with E-state index in [1.807, 2.05) is 30.5 Å². The van der Waals surface area contributed by atoms with Crippen molar-refractivity contribution in [2.75, 3.05) is 6.54 Å². The lowest BCUT2D eigenvalue weighted by atomic mass is 10.1. The molecule has 1 fully saturated rings. The van der Waals surface area contributed by atoms with E-state index < -0.39 is 16.3 Å². The number of hydrogen-bond donors (Lipinski definition) is 2. The minimum atomic E-state index is -3.54. The van der Waals surface area contributed by atoms with E-state index in [0.29, 0.717) is 6.29 Å². The number of carbonyl (C=O) groups is 1. The summed E-state index contributed by atoms with van der Waals surface area (Å²) < 4.78 is 27.2. The van der Waals surface area contributed by atoms with Gasteiger partial charge < -0.3 is 9.78 Å². The SMILES string of the molecule is O=CC1CN(Cc2ccc3[nH]ccc3c2)S(=O)(=O)N1. The summed E-state index contributed by atoms with van der Waals surface area (Å²) in [5, 5.41) is 1.04.